The molecule has 2 aromatic carbocycles. The van der Waals surface area contributed by atoms with Crippen molar-refractivity contribution in [3.8, 4) is 39.5 Å². The summed E-state index contributed by atoms with van der Waals surface area (Å²) in [7, 11) is 1.64. The minimum Gasteiger partial charge on any atom is -0.481 e. The fraction of sp³-hybridized carbons (Fsp3) is 0.385. The summed E-state index contributed by atoms with van der Waals surface area (Å²) in [5, 5.41) is 4.65. The zero-order valence-electron chi connectivity index (χ0n) is 28.1. The van der Waals surface area contributed by atoms with Crippen molar-refractivity contribution in [2.24, 2.45) is 5.41 Å². The highest BCUT2D eigenvalue weighted by Gasteiger charge is 2.48. The van der Waals surface area contributed by atoms with Crippen molar-refractivity contribution in [3.63, 3.8) is 0 Å². The standard InChI is InChI=1S/C39H38Cl3N5O3/c1-23-15-32(43-36(42)30(23)18-47-21-39(22-47)14-12-33(49)45-39)29-8-4-6-27(35(29)41)26-5-3-7-28(34(26)40)31-10-9-24(37(44-31)50-2)17-46-19-38(20-46)13-11-25(48)16-38/h3-10,15H,11-14,16-22H2,1-2H3,(H,45,49). The molecule has 258 valence electrons. The van der Waals surface area contributed by atoms with Crippen molar-refractivity contribution >= 4 is 46.5 Å². The lowest BCUT2D eigenvalue weighted by atomic mass is 9.78. The fourth-order valence-corrected chi connectivity index (χ4v) is 9.41. The Balaban J connectivity index is 1.02. The average molecular weight is 731 g/mol. The number of likely N-dealkylation sites (tertiary alicyclic amines) is 2. The zero-order chi connectivity index (χ0) is 34.8. The highest BCUT2D eigenvalue weighted by Crippen LogP contribution is 2.46. The number of halogens is 3. The normalized spacial score (nSPS) is 19.5. The molecule has 0 atom stereocenters. The number of methoxy groups -OCH3 is 1. The smallest absolute Gasteiger partial charge is 0.220 e. The number of carbonyl (C=O) groups is 2. The molecule has 1 aliphatic carbocycles. The maximum atomic E-state index is 11.9. The third-order valence-corrected chi connectivity index (χ3v) is 12.1. The Labute approximate surface area is 307 Å². The molecule has 1 saturated carbocycles. The lowest BCUT2D eigenvalue weighted by Gasteiger charge is -2.48. The van der Waals surface area contributed by atoms with Gasteiger partial charge in [0.2, 0.25) is 11.8 Å². The number of hydrogen-bond donors (Lipinski definition) is 1. The Morgan fingerprint density at radius 1 is 0.800 bits per heavy atom. The van der Waals surface area contributed by atoms with Crippen LogP contribution in [0.4, 0.5) is 0 Å². The Morgan fingerprint density at radius 3 is 2.06 bits per heavy atom. The molecule has 8 nitrogen and oxygen atoms in total. The summed E-state index contributed by atoms with van der Waals surface area (Å²) in [6.45, 7) is 6.95. The molecular formula is C39H38Cl3N5O3. The average Bonchev–Trinajstić information content (AvgIpc) is 3.65. The number of hydrogen-bond acceptors (Lipinski definition) is 7. The van der Waals surface area contributed by atoms with E-state index >= 15 is 0 Å². The first-order chi connectivity index (χ1) is 24.0. The van der Waals surface area contributed by atoms with Crippen LogP contribution in [0.25, 0.3) is 33.6 Å². The lowest BCUT2D eigenvalue weighted by Crippen LogP contribution is -2.66. The highest BCUT2D eigenvalue weighted by atomic mass is 35.5. The molecule has 0 unspecified atom stereocenters. The highest BCUT2D eigenvalue weighted by molar-refractivity contribution is 6.39. The van der Waals surface area contributed by atoms with Crippen LogP contribution >= 0.6 is 34.8 Å². The summed E-state index contributed by atoms with van der Waals surface area (Å²) in [6, 6.07) is 17.8. The van der Waals surface area contributed by atoms with Gasteiger partial charge in [-0.2, -0.15) is 0 Å². The first-order valence-corrected chi connectivity index (χ1v) is 18.2. The Kier molecular flexibility index (Phi) is 8.67. The van der Waals surface area contributed by atoms with Gasteiger partial charge in [-0.25, -0.2) is 9.97 Å². The number of carbonyl (C=O) groups excluding carboxylic acids is 2. The van der Waals surface area contributed by atoms with E-state index in [-0.39, 0.29) is 16.9 Å². The molecule has 8 rings (SSSR count). The van der Waals surface area contributed by atoms with Crippen LogP contribution in [0.5, 0.6) is 5.88 Å². The lowest BCUT2D eigenvalue weighted by molar-refractivity contribution is -0.121. The van der Waals surface area contributed by atoms with Gasteiger partial charge in [-0.15, -0.1) is 0 Å². The van der Waals surface area contributed by atoms with E-state index in [0.717, 1.165) is 84.5 Å². The third kappa shape index (κ3) is 6.09. The second kappa shape index (κ2) is 12.9. The molecule has 2 aromatic heterocycles. The molecule has 2 spiro atoms. The number of aromatic nitrogens is 2. The molecule has 1 amide bonds. The van der Waals surface area contributed by atoms with Gasteiger partial charge in [0.25, 0.3) is 0 Å². The van der Waals surface area contributed by atoms with Crippen molar-refractivity contribution in [2.75, 3.05) is 33.3 Å². The van der Waals surface area contributed by atoms with Crippen LogP contribution in [0.3, 0.4) is 0 Å². The van der Waals surface area contributed by atoms with Gasteiger partial charge in [0.15, 0.2) is 0 Å². The number of nitrogens with zero attached hydrogens (tertiary/aromatic N) is 4. The fourth-order valence-electron chi connectivity index (χ4n) is 8.46. The summed E-state index contributed by atoms with van der Waals surface area (Å²) in [6.07, 6.45) is 3.90. The van der Waals surface area contributed by atoms with Crippen LogP contribution in [0.2, 0.25) is 15.2 Å². The van der Waals surface area contributed by atoms with Crippen molar-refractivity contribution in [1.82, 2.24) is 25.1 Å². The quantitative estimate of drug-likeness (QED) is 0.186. The number of Topliss-reactive ketones (excluding diaryl/α,β-unsaturated/α-hetero) is 1. The first-order valence-electron chi connectivity index (χ1n) is 17.1. The maximum absolute atomic E-state index is 11.9. The van der Waals surface area contributed by atoms with Gasteiger partial charge in [0.1, 0.15) is 10.9 Å². The van der Waals surface area contributed by atoms with Crippen LogP contribution in [-0.4, -0.2) is 70.3 Å². The topological polar surface area (TPSA) is 87.7 Å². The zero-order valence-corrected chi connectivity index (χ0v) is 30.4. The first kappa shape index (κ1) is 33.6. The van der Waals surface area contributed by atoms with E-state index in [2.05, 4.69) is 21.2 Å². The van der Waals surface area contributed by atoms with E-state index in [1.165, 1.54) is 0 Å². The molecule has 50 heavy (non-hydrogen) atoms. The van der Waals surface area contributed by atoms with Gasteiger partial charge in [-0.05, 0) is 37.5 Å². The molecule has 11 heteroatoms. The van der Waals surface area contributed by atoms with E-state index in [1.807, 2.05) is 55.5 Å². The summed E-state index contributed by atoms with van der Waals surface area (Å²) in [5.74, 6) is 1.09. The van der Waals surface area contributed by atoms with Gasteiger partial charge in [0, 0.05) is 97.3 Å². The number of aryl methyl sites for hydroxylation is 1. The molecule has 4 aromatic rings. The molecule has 5 heterocycles. The summed E-state index contributed by atoms with van der Waals surface area (Å²) >= 11 is 21.1. The SMILES string of the molecule is COc1nc(-c2cccc(-c3cccc(-c4cc(C)c(CN5CC6(CCC(=O)N6)C5)c(Cl)n4)c3Cl)c2Cl)ccc1CN1CC2(CCC(=O)C2)C1. The van der Waals surface area contributed by atoms with Gasteiger partial charge >= 0.3 is 0 Å². The Hall–Kier alpha value is -3.53. The summed E-state index contributed by atoms with van der Waals surface area (Å²) in [4.78, 5) is 37.9. The van der Waals surface area contributed by atoms with Gasteiger partial charge in [-0.1, -0.05) is 77.3 Å². The predicted molar refractivity (Wildman–Crippen MR) is 197 cm³/mol. The maximum Gasteiger partial charge on any atom is 0.220 e. The third-order valence-electron chi connectivity index (χ3n) is 11.0. The van der Waals surface area contributed by atoms with Crippen LogP contribution in [0.15, 0.2) is 54.6 Å². The molecule has 1 N–H and O–H groups in total. The van der Waals surface area contributed by atoms with E-state index in [0.29, 0.717) is 64.1 Å². The van der Waals surface area contributed by atoms with E-state index in [1.54, 1.807) is 7.11 Å². The molecule has 0 radical (unpaired) electrons. The number of benzene rings is 2. The number of rotatable bonds is 8. The summed E-state index contributed by atoms with van der Waals surface area (Å²) in [5.41, 5.74) is 7.58. The molecular weight excluding hydrogens is 693 g/mol. The number of nitrogens with one attached hydrogen (secondary N) is 1. The molecule has 3 saturated heterocycles. The predicted octanol–water partition coefficient (Wildman–Crippen LogP) is 7.77. The van der Waals surface area contributed by atoms with Crippen LogP contribution < -0.4 is 10.1 Å². The molecule has 4 fully saturated rings. The van der Waals surface area contributed by atoms with E-state index in [4.69, 9.17) is 49.5 Å². The number of ether oxygens (including phenoxy) is 1. The molecule has 3 aliphatic heterocycles. The molecule has 0 bridgehead atoms. The minimum absolute atomic E-state index is 0.0834. The van der Waals surface area contributed by atoms with Crippen molar-refractivity contribution in [3.05, 3.63) is 86.5 Å². The van der Waals surface area contributed by atoms with Gasteiger partial charge < -0.3 is 10.1 Å². The number of pyridine rings is 2. The number of amides is 1. The van der Waals surface area contributed by atoms with Crippen LogP contribution in [0.1, 0.15) is 48.8 Å². The van der Waals surface area contributed by atoms with Crippen molar-refractivity contribution < 1.29 is 14.3 Å². The van der Waals surface area contributed by atoms with Crippen molar-refractivity contribution in [2.45, 2.75) is 57.7 Å². The molecule has 4 aliphatic rings. The van der Waals surface area contributed by atoms with E-state index < -0.39 is 0 Å². The second-order valence-electron chi connectivity index (χ2n) is 14.6. The Bertz CT molecular complexity index is 2020. The monoisotopic (exact) mass is 729 g/mol. The largest absolute Gasteiger partial charge is 0.481 e. The van der Waals surface area contributed by atoms with Gasteiger partial charge in [-0.3, -0.25) is 19.4 Å². The van der Waals surface area contributed by atoms with Gasteiger partial charge in [0.05, 0.1) is 34.1 Å². The van der Waals surface area contributed by atoms with E-state index in [9.17, 15) is 9.59 Å². The van der Waals surface area contributed by atoms with Crippen LogP contribution in [-0.2, 0) is 22.7 Å². The van der Waals surface area contributed by atoms with Crippen molar-refractivity contribution in [1.29, 1.82) is 0 Å². The second-order valence-corrected chi connectivity index (χ2v) is 15.7. The minimum atomic E-state index is -0.0834. The Morgan fingerprint density at radius 2 is 1.46 bits per heavy atom. The summed E-state index contributed by atoms with van der Waals surface area (Å²) < 4.78 is 5.74. The van der Waals surface area contributed by atoms with Crippen LogP contribution in [0, 0.1) is 12.3 Å². The number of ketones is 1.